The molecule has 9 heteroatoms. The molecular formula is C14H20BrClN2O4S. The van der Waals surface area contributed by atoms with Crippen LogP contribution in [0.2, 0.25) is 5.02 Å². The zero-order chi connectivity index (χ0) is 17.0. The maximum absolute atomic E-state index is 12.6. The van der Waals surface area contributed by atoms with Crippen molar-refractivity contribution in [1.82, 2.24) is 9.62 Å². The number of rotatable bonds is 6. The van der Waals surface area contributed by atoms with E-state index in [-0.39, 0.29) is 16.7 Å². The van der Waals surface area contributed by atoms with Crippen LogP contribution in [-0.4, -0.2) is 59.3 Å². The van der Waals surface area contributed by atoms with Gasteiger partial charge >= 0.3 is 0 Å². The molecule has 1 saturated heterocycles. The highest BCUT2D eigenvalue weighted by atomic mass is 79.9. The lowest BCUT2D eigenvalue weighted by Crippen LogP contribution is -2.47. The number of halogens is 2. The molecule has 1 N–H and O–H groups in total. The molecule has 1 atom stereocenters. The van der Waals surface area contributed by atoms with Gasteiger partial charge in [0.05, 0.1) is 24.8 Å². The Bertz CT molecular complexity index is 650. The minimum atomic E-state index is -3.73. The van der Waals surface area contributed by atoms with Gasteiger partial charge in [-0.05, 0) is 35.0 Å². The number of methoxy groups -OCH3 is 1. The third-order valence-electron chi connectivity index (χ3n) is 3.71. The fraction of sp³-hybridized carbons (Fsp3) is 0.571. The van der Waals surface area contributed by atoms with E-state index in [1.165, 1.54) is 13.2 Å². The van der Waals surface area contributed by atoms with E-state index in [0.29, 0.717) is 29.3 Å². The van der Waals surface area contributed by atoms with E-state index in [0.717, 1.165) is 13.1 Å². The van der Waals surface area contributed by atoms with Crippen molar-refractivity contribution in [2.24, 2.45) is 0 Å². The summed E-state index contributed by atoms with van der Waals surface area (Å²) in [5, 5.41) is 0.319. The molecule has 1 fully saturated rings. The van der Waals surface area contributed by atoms with Crippen LogP contribution in [0.5, 0.6) is 5.75 Å². The molecule has 0 spiro atoms. The van der Waals surface area contributed by atoms with E-state index in [4.69, 9.17) is 21.1 Å². The van der Waals surface area contributed by atoms with Crippen molar-refractivity contribution in [3.05, 3.63) is 21.6 Å². The van der Waals surface area contributed by atoms with Gasteiger partial charge in [0.1, 0.15) is 4.90 Å². The Kier molecular flexibility index (Phi) is 6.70. The summed E-state index contributed by atoms with van der Waals surface area (Å²) < 4.78 is 38.8. The molecule has 0 amide bonds. The summed E-state index contributed by atoms with van der Waals surface area (Å²) in [6, 6.07) is 3.05. The number of benzene rings is 1. The Morgan fingerprint density at radius 2 is 2.09 bits per heavy atom. The van der Waals surface area contributed by atoms with E-state index in [1.54, 1.807) is 6.07 Å². The molecule has 0 bridgehead atoms. The normalized spacial score (nSPS) is 17.9. The Balaban J connectivity index is 2.12. The third-order valence-corrected chi connectivity index (χ3v) is 5.94. The highest BCUT2D eigenvalue weighted by Gasteiger charge is 2.24. The fourth-order valence-electron chi connectivity index (χ4n) is 2.39. The highest BCUT2D eigenvalue weighted by molar-refractivity contribution is 9.10. The maximum Gasteiger partial charge on any atom is 0.244 e. The molecule has 0 saturated carbocycles. The highest BCUT2D eigenvalue weighted by Crippen LogP contribution is 2.35. The molecule has 1 unspecified atom stereocenters. The standard InChI is InChI=1S/C14H20BrClN2O4S/c1-10(18-3-5-22-6-4-18)9-17-23(19,20)13-8-11(16)7-12(15)14(13)21-2/h7-8,10,17H,3-6,9H2,1-2H3. The van der Waals surface area contributed by atoms with Gasteiger partial charge in [-0.15, -0.1) is 0 Å². The predicted molar refractivity (Wildman–Crippen MR) is 92.7 cm³/mol. The van der Waals surface area contributed by atoms with Crippen LogP contribution in [0, 0.1) is 0 Å². The summed E-state index contributed by atoms with van der Waals surface area (Å²) in [7, 11) is -2.31. The Morgan fingerprint density at radius 3 is 2.70 bits per heavy atom. The molecule has 1 aliphatic heterocycles. The van der Waals surface area contributed by atoms with Gasteiger partial charge in [0.15, 0.2) is 5.75 Å². The van der Waals surface area contributed by atoms with Gasteiger partial charge in [-0.2, -0.15) is 0 Å². The average molecular weight is 428 g/mol. The van der Waals surface area contributed by atoms with E-state index < -0.39 is 10.0 Å². The van der Waals surface area contributed by atoms with Crippen LogP contribution in [0.25, 0.3) is 0 Å². The summed E-state index contributed by atoms with van der Waals surface area (Å²) in [4.78, 5) is 2.21. The van der Waals surface area contributed by atoms with Crippen LogP contribution in [0.1, 0.15) is 6.92 Å². The molecule has 130 valence electrons. The first-order valence-electron chi connectivity index (χ1n) is 7.19. The van der Waals surface area contributed by atoms with E-state index in [9.17, 15) is 8.42 Å². The van der Waals surface area contributed by atoms with Crippen LogP contribution in [0.3, 0.4) is 0 Å². The number of sulfonamides is 1. The largest absolute Gasteiger partial charge is 0.494 e. The second kappa shape index (κ2) is 8.13. The monoisotopic (exact) mass is 426 g/mol. The fourth-order valence-corrected chi connectivity index (χ4v) is 4.89. The van der Waals surface area contributed by atoms with Crippen LogP contribution in [0.4, 0.5) is 0 Å². The summed E-state index contributed by atoms with van der Waals surface area (Å²) >= 11 is 9.24. The molecule has 1 aromatic rings. The number of hydrogen-bond donors (Lipinski definition) is 1. The predicted octanol–water partition coefficient (Wildman–Crippen LogP) is 2.11. The van der Waals surface area contributed by atoms with Crippen molar-refractivity contribution in [3.63, 3.8) is 0 Å². The van der Waals surface area contributed by atoms with Crippen LogP contribution in [0.15, 0.2) is 21.5 Å². The quantitative estimate of drug-likeness (QED) is 0.753. The smallest absolute Gasteiger partial charge is 0.244 e. The SMILES string of the molecule is COc1c(Br)cc(Cl)cc1S(=O)(=O)NCC(C)N1CCOCC1. The molecule has 0 aliphatic carbocycles. The van der Waals surface area contributed by atoms with Gasteiger partial charge in [-0.1, -0.05) is 11.6 Å². The Hall–Kier alpha value is -0.380. The number of hydrogen-bond acceptors (Lipinski definition) is 5. The molecule has 6 nitrogen and oxygen atoms in total. The van der Waals surface area contributed by atoms with Gasteiger partial charge in [-0.25, -0.2) is 13.1 Å². The maximum atomic E-state index is 12.6. The van der Waals surface area contributed by atoms with Crippen LogP contribution < -0.4 is 9.46 Å². The average Bonchev–Trinajstić information content (AvgIpc) is 2.53. The van der Waals surface area contributed by atoms with Crippen molar-refractivity contribution in [1.29, 1.82) is 0 Å². The van der Waals surface area contributed by atoms with E-state index in [2.05, 4.69) is 25.6 Å². The first-order valence-corrected chi connectivity index (χ1v) is 9.85. The minimum absolute atomic E-state index is 0.0218. The number of nitrogens with zero attached hydrogens (tertiary/aromatic N) is 1. The Morgan fingerprint density at radius 1 is 1.43 bits per heavy atom. The zero-order valence-corrected chi connectivity index (χ0v) is 16.2. The molecule has 23 heavy (non-hydrogen) atoms. The summed E-state index contributed by atoms with van der Waals surface area (Å²) in [6.45, 7) is 5.23. The molecule has 0 aromatic heterocycles. The van der Waals surface area contributed by atoms with Gasteiger partial charge < -0.3 is 9.47 Å². The number of morpholine rings is 1. The van der Waals surface area contributed by atoms with E-state index in [1.807, 2.05) is 6.92 Å². The summed E-state index contributed by atoms with van der Waals surface area (Å²) in [5.41, 5.74) is 0. The lowest BCUT2D eigenvalue weighted by Gasteiger charge is -2.32. The lowest BCUT2D eigenvalue weighted by molar-refractivity contribution is 0.0213. The summed E-state index contributed by atoms with van der Waals surface area (Å²) in [5.74, 6) is 0.237. The Labute approximate surface area is 150 Å². The molecular weight excluding hydrogens is 408 g/mol. The van der Waals surface area contributed by atoms with Gasteiger partial charge in [0.2, 0.25) is 10.0 Å². The first-order chi connectivity index (χ1) is 10.8. The molecule has 0 radical (unpaired) electrons. The van der Waals surface area contributed by atoms with Crippen LogP contribution in [-0.2, 0) is 14.8 Å². The zero-order valence-electron chi connectivity index (χ0n) is 13.0. The van der Waals surface area contributed by atoms with Crippen molar-refractivity contribution >= 4 is 37.6 Å². The number of ether oxygens (including phenoxy) is 2. The van der Waals surface area contributed by atoms with Gasteiger partial charge in [0.25, 0.3) is 0 Å². The van der Waals surface area contributed by atoms with Crippen molar-refractivity contribution in [2.75, 3.05) is 40.0 Å². The topological polar surface area (TPSA) is 67.9 Å². The van der Waals surface area contributed by atoms with E-state index >= 15 is 0 Å². The molecule has 2 rings (SSSR count). The van der Waals surface area contributed by atoms with Gasteiger partial charge in [0, 0.05) is 30.7 Å². The summed E-state index contributed by atoms with van der Waals surface area (Å²) in [6.07, 6.45) is 0. The first kappa shape index (κ1) is 19.0. The molecule has 1 aliphatic rings. The van der Waals surface area contributed by atoms with Crippen molar-refractivity contribution in [3.8, 4) is 5.75 Å². The second-order valence-electron chi connectivity index (χ2n) is 5.27. The molecule has 1 aromatic carbocycles. The second-order valence-corrected chi connectivity index (χ2v) is 8.29. The molecule has 1 heterocycles. The van der Waals surface area contributed by atoms with Crippen molar-refractivity contribution < 1.29 is 17.9 Å². The lowest BCUT2D eigenvalue weighted by atomic mass is 10.2. The van der Waals surface area contributed by atoms with Gasteiger partial charge in [-0.3, -0.25) is 4.90 Å². The van der Waals surface area contributed by atoms with Crippen LogP contribution >= 0.6 is 27.5 Å². The number of nitrogens with one attached hydrogen (secondary N) is 1. The third kappa shape index (κ3) is 4.80. The minimum Gasteiger partial charge on any atom is -0.494 e. The van der Waals surface area contributed by atoms with Crippen molar-refractivity contribution in [2.45, 2.75) is 17.9 Å².